The van der Waals surface area contributed by atoms with Crippen molar-refractivity contribution in [3.63, 3.8) is 0 Å². The Morgan fingerprint density at radius 3 is 2.95 bits per heavy atom. The Labute approximate surface area is 125 Å². The molecule has 1 aliphatic rings. The summed E-state index contributed by atoms with van der Waals surface area (Å²) in [5.74, 6) is -0.000314. The van der Waals surface area contributed by atoms with Crippen LogP contribution in [0.25, 0.3) is 6.08 Å². The van der Waals surface area contributed by atoms with Crippen molar-refractivity contribution in [2.45, 2.75) is 37.8 Å². The lowest BCUT2D eigenvalue weighted by Gasteiger charge is -2.21. The molecule has 0 saturated carbocycles. The summed E-state index contributed by atoms with van der Waals surface area (Å²) in [6.45, 7) is 0.684. The Hall–Kier alpha value is -2.12. The molecule has 0 radical (unpaired) electrons. The van der Waals surface area contributed by atoms with Crippen molar-refractivity contribution in [2.75, 3.05) is 6.54 Å². The molecule has 1 fully saturated rings. The van der Waals surface area contributed by atoms with Crippen LogP contribution in [0, 0.1) is 11.3 Å². The number of carbonyl (C=O) groups excluding carboxylic acids is 1. The number of carbonyl (C=O) groups is 1. The van der Waals surface area contributed by atoms with E-state index in [-0.39, 0.29) is 18.0 Å². The fourth-order valence-electron chi connectivity index (χ4n) is 2.57. The molecule has 4 nitrogen and oxygen atoms in total. The number of likely N-dealkylation sites (tertiary alicyclic amines) is 1. The van der Waals surface area contributed by atoms with Crippen molar-refractivity contribution in [1.29, 1.82) is 5.26 Å². The van der Waals surface area contributed by atoms with Crippen LogP contribution in [0.3, 0.4) is 0 Å². The van der Waals surface area contributed by atoms with Gasteiger partial charge in [0.05, 0.1) is 6.07 Å². The molecule has 0 aliphatic carbocycles. The maximum Gasteiger partial charge on any atom is 0.225 e. The van der Waals surface area contributed by atoms with E-state index in [1.54, 1.807) is 4.90 Å². The number of benzene rings is 1. The van der Waals surface area contributed by atoms with E-state index in [0.717, 1.165) is 18.4 Å². The van der Waals surface area contributed by atoms with E-state index in [4.69, 9.17) is 11.0 Å². The smallest absolute Gasteiger partial charge is 0.225 e. The van der Waals surface area contributed by atoms with Crippen molar-refractivity contribution in [2.24, 2.45) is 5.73 Å². The summed E-state index contributed by atoms with van der Waals surface area (Å²) in [4.78, 5) is 13.8. The van der Waals surface area contributed by atoms with Crippen LogP contribution >= 0.6 is 0 Å². The highest BCUT2D eigenvalue weighted by Gasteiger charge is 2.28. The van der Waals surface area contributed by atoms with Gasteiger partial charge in [-0.25, -0.2) is 0 Å². The molecule has 1 aliphatic heterocycles. The second-order valence-corrected chi connectivity index (χ2v) is 5.39. The Bertz CT molecular complexity index is 533. The number of hydrogen-bond acceptors (Lipinski definition) is 3. The summed E-state index contributed by atoms with van der Waals surface area (Å²) in [6.07, 6.45) is 6.67. The van der Waals surface area contributed by atoms with Crippen LogP contribution in [0.15, 0.2) is 36.4 Å². The van der Waals surface area contributed by atoms with Gasteiger partial charge in [0.15, 0.2) is 0 Å². The van der Waals surface area contributed by atoms with Crippen LogP contribution in [0.1, 0.15) is 31.2 Å². The number of hydrogen-bond donors (Lipinski definition) is 1. The van der Waals surface area contributed by atoms with Gasteiger partial charge in [-0.05, 0) is 24.8 Å². The molecule has 1 heterocycles. The molecule has 2 unspecified atom stereocenters. The van der Waals surface area contributed by atoms with Crippen molar-refractivity contribution in [1.82, 2.24) is 4.90 Å². The Balaban J connectivity index is 1.79. The van der Waals surface area contributed by atoms with Gasteiger partial charge in [-0.15, -0.1) is 0 Å². The first-order valence-electron chi connectivity index (χ1n) is 7.37. The highest BCUT2D eigenvalue weighted by molar-refractivity contribution is 5.77. The Morgan fingerprint density at radius 2 is 2.24 bits per heavy atom. The summed E-state index contributed by atoms with van der Waals surface area (Å²) in [7, 11) is 0. The topological polar surface area (TPSA) is 70.1 Å². The van der Waals surface area contributed by atoms with Crippen LogP contribution < -0.4 is 5.73 Å². The van der Waals surface area contributed by atoms with Gasteiger partial charge in [-0.2, -0.15) is 5.26 Å². The van der Waals surface area contributed by atoms with Crippen LogP contribution in [0.4, 0.5) is 0 Å². The van der Waals surface area contributed by atoms with Gasteiger partial charge in [0.25, 0.3) is 0 Å². The Kier molecular flexibility index (Phi) is 5.53. The van der Waals surface area contributed by atoms with Crippen molar-refractivity contribution >= 4 is 12.0 Å². The summed E-state index contributed by atoms with van der Waals surface area (Å²) in [5.41, 5.74) is 7.14. The lowest BCUT2D eigenvalue weighted by atomic mass is 10.1. The second-order valence-electron chi connectivity index (χ2n) is 5.39. The molecule has 2 rings (SSSR count). The summed E-state index contributed by atoms with van der Waals surface area (Å²) in [6, 6.07) is 11.7. The molecule has 1 aromatic rings. The van der Waals surface area contributed by atoms with Gasteiger partial charge < -0.3 is 10.6 Å². The maximum absolute atomic E-state index is 12.1. The van der Waals surface area contributed by atoms with E-state index in [9.17, 15) is 4.79 Å². The molecular weight excluding hydrogens is 262 g/mol. The average Bonchev–Trinajstić information content (AvgIpc) is 2.97. The highest BCUT2D eigenvalue weighted by Crippen LogP contribution is 2.18. The molecule has 21 heavy (non-hydrogen) atoms. The number of amides is 1. The minimum absolute atomic E-state index is 0.000314. The number of nitriles is 1. The first-order valence-corrected chi connectivity index (χ1v) is 7.37. The van der Waals surface area contributed by atoms with Crippen molar-refractivity contribution < 1.29 is 4.79 Å². The molecule has 1 amide bonds. The minimum Gasteiger partial charge on any atom is -0.327 e. The van der Waals surface area contributed by atoms with Gasteiger partial charge in [-0.1, -0.05) is 42.5 Å². The summed E-state index contributed by atoms with van der Waals surface area (Å²) in [5, 5.41) is 9.00. The molecule has 0 spiro atoms. The van der Waals surface area contributed by atoms with E-state index >= 15 is 0 Å². The molecule has 4 heteroatoms. The van der Waals surface area contributed by atoms with Gasteiger partial charge in [0.1, 0.15) is 6.04 Å². The van der Waals surface area contributed by atoms with E-state index in [2.05, 4.69) is 6.07 Å². The monoisotopic (exact) mass is 283 g/mol. The fourth-order valence-corrected chi connectivity index (χ4v) is 2.57. The SMILES string of the molecule is N#CC1CCCN1C(=O)CC(N)C/C=C/c1ccccc1. The number of rotatable bonds is 5. The molecular formula is C17H21N3O. The highest BCUT2D eigenvalue weighted by atomic mass is 16.2. The molecule has 1 saturated heterocycles. The van der Waals surface area contributed by atoms with Crippen molar-refractivity contribution in [3.05, 3.63) is 42.0 Å². The number of nitrogens with two attached hydrogens (primary N) is 1. The van der Waals surface area contributed by atoms with Gasteiger partial charge in [0.2, 0.25) is 5.91 Å². The first-order chi connectivity index (χ1) is 10.2. The quantitative estimate of drug-likeness (QED) is 0.901. The minimum atomic E-state index is -0.260. The fraction of sp³-hybridized carbons (Fsp3) is 0.412. The summed E-state index contributed by atoms with van der Waals surface area (Å²) >= 11 is 0. The van der Waals surface area contributed by atoms with E-state index in [1.165, 1.54) is 0 Å². The lowest BCUT2D eigenvalue weighted by Crippen LogP contribution is -2.38. The van der Waals surface area contributed by atoms with Crippen molar-refractivity contribution in [3.8, 4) is 6.07 Å². The largest absolute Gasteiger partial charge is 0.327 e. The van der Waals surface area contributed by atoms with Crippen LogP contribution in [0.2, 0.25) is 0 Å². The average molecular weight is 283 g/mol. The predicted octanol–water partition coefficient (Wildman–Crippen LogP) is 2.32. The molecule has 110 valence electrons. The molecule has 0 aromatic heterocycles. The molecule has 1 aromatic carbocycles. The second kappa shape index (κ2) is 7.61. The standard InChI is InChI=1S/C17H21N3O/c18-13-16-10-5-11-20(16)17(21)12-15(19)9-4-8-14-6-2-1-3-7-14/h1-4,6-8,15-16H,5,9-12,19H2/b8-4+. The molecule has 2 atom stereocenters. The number of nitrogens with zero attached hydrogens (tertiary/aromatic N) is 2. The summed E-state index contributed by atoms with van der Waals surface area (Å²) < 4.78 is 0. The maximum atomic E-state index is 12.1. The van der Waals surface area contributed by atoms with Gasteiger partial charge >= 0.3 is 0 Å². The van der Waals surface area contributed by atoms with E-state index in [1.807, 2.05) is 42.5 Å². The molecule has 2 N–H and O–H groups in total. The third-order valence-corrected chi connectivity index (χ3v) is 3.71. The van der Waals surface area contributed by atoms with Gasteiger partial charge in [-0.3, -0.25) is 4.79 Å². The zero-order chi connectivity index (χ0) is 15.1. The predicted molar refractivity (Wildman–Crippen MR) is 83.0 cm³/mol. The van der Waals surface area contributed by atoms with Crippen LogP contribution in [0.5, 0.6) is 0 Å². The zero-order valence-corrected chi connectivity index (χ0v) is 12.1. The zero-order valence-electron chi connectivity index (χ0n) is 12.1. The molecule has 0 bridgehead atoms. The normalized spacial score (nSPS) is 19.6. The van der Waals surface area contributed by atoms with Gasteiger partial charge in [0, 0.05) is 19.0 Å². The Morgan fingerprint density at radius 1 is 1.48 bits per heavy atom. The van der Waals surface area contributed by atoms with E-state index in [0.29, 0.717) is 19.4 Å². The van der Waals surface area contributed by atoms with E-state index < -0.39 is 0 Å². The lowest BCUT2D eigenvalue weighted by molar-refractivity contribution is -0.131. The third-order valence-electron chi connectivity index (χ3n) is 3.71. The van der Waals surface area contributed by atoms with Crippen LogP contribution in [-0.2, 0) is 4.79 Å². The first kappa shape index (κ1) is 15.3. The van der Waals surface area contributed by atoms with Crippen LogP contribution in [-0.4, -0.2) is 29.4 Å². The third kappa shape index (κ3) is 4.44.